The minimum Gasteiger partial charge on any atom is -0.437 e. The molecule has 6 nitrogen and oxygen atoms in total. The third kappa shape index (κ3) is 2.71. The Balaban J connectivity index is 1.72. The van der Waals surface area contributed by atoms with E-state index in [0.29, 0.717) is 5.88 Å². The van der Waals surface area contributed by atoms with Crippen molar-refractivity contribution in [2.45, 2.75) is 20.8 Å². The van der Waals surface area contributed by atoms with Gasteiger partial charge in [-0.25, -0.2) is 19.5 Å². The van der Waals surface area contributed by atoms with Gasteiger partial charge in [-0.15, -0.1) is 0 Å². The van der Waals surface area contributed by atoms with E-state index in [1.54, 1.807) is 29.4 Å². The third-order valence-electron chi connectivity index (χ3n) is 4.20. The van der Waals surface area contributed by atoms with E-state index in [1.165, 1.54) is 0 Å². The predicted molar refractivity (Wildman–Crippen MR) is 94.7 cm³/mol. The second-order valence-electron chi connectivity index (χ2n) is 5.89. The Labute approximate surface area is 145 Å². The fraction of sp³-hybridized carbons (Fsp3) is 0.158. The van der Waals surface area contributed by atoms with E-state index in [0.717, 1.165) is 39.3 Å². The van der Waals surface area contributed by atoms with Crippen LogP contribution in [0.25, 0.3) is 16.6 Å². The van der Waals surface area contributed by atoms with Gasteiger partial charge in [0.25, 0.3) is 0 Å². The second-order valence-corrected chi connectivity index (χ2v) is 5.89. The van der Waals surface area contributed by atoms with Gasteiger partial charge >= 0.3 is 0 Å². The predicted octanol–water partition coefficient (Wildman–Crippen LogP) is 3.90. The Morgan fingerprint density at radius 3 is 2.48 bits per heavy atom. The molecule has 124 valence electrons. The molecule has 0 saturated carbocycles. The second kappa shape index (κ2) is 5.98. The van der Waals surface area contributed by atoms with Crippen LogP contribution in [0.15, 0.2) is 49.2 Å². The number of hydrogen-bond acceptors (Lipinski definition) is 5. The van der Waals surface area contributed by atoms with Gasteiger partial charge in [0.1, 0.15) is 17.6 Å². The molecule has 0 N–H and O–H groups in total. The van der Waals surface area contributed by atoms with E-state index in [-0.39, 0.29) is 0 Å². The molecule has 25 heavy (non-hydrogen) atoms. The average Bonchev–Trinajstić information content (AvgIpc) is 3.06. The summed E-state index contributed by atoms with van der Waals surface area (Å²) in [5.41, 5.74) is 6.04. The van der Waals surface area contributed by atoms with Gasteiger partial charge in [0.15, 0.2) is 0 Å². The topological polar surface area (TPSA) is 65.2 Å². The maximum atomic E-state index is 5.98. The lowest BCUT2D eigenvalue weighted by Crippen LogP contribution is -1.97. The van der Waals surface area contributed by atoms with Crippen molar-refractivity contribution in [1.82, 2.24) is 24.6 Å². The number of aromatic nitrogens is 5. The highest BCUT2D eigenvalue weighted by atomic mass is 16.5. The minimum absolute atomic E-state index is 0.530. The molecule has 0 aliphatic heterocycles. The number of aryl methyl sites for hydroxylation is 3. The third-order valence-corrected chi connectivity index (χ3v) is 4.20. The van der Waals surface area contributed by atoms with Crippen molar-refractivity contribution in [2.24, 2.45) is 0 Å². The lowest BCUT2D eigenvalue weighted by atomic mass is 9.98. The molecule has 3 aromatic heterocycles. The van der Waals surface area contributed by atoms with E-state index in [2.05, 4.69) is 27.0 Å². The molecule has 0 spiro atoms. The zero-order chi connectivity index (χ0) is 17.4. The first-order valence-corrected chi connectivity index (χ1v) is 7.99. The molecule has 4 aromatic rings. The molecule has 0 bridgehead atoms. The van der Waals surface area contributed by atoms with Crippen LogP contribution >= 0.6 is 0 Å². The highest BCUT2D eigenvalue weighted by Gasteiger charge is 2.12. The van der Waals surface area contributed by atoms with Crippen LogP contribution in [-0.4, -0.2) is 24.6 Å². The van der Waals surface area contributed by atoms with Gasteiger partial charge in [-0.05, 0) is 50.1 Å². The molecule has 3 heterocycles. The molecule has 0 atom stereocenters. The molecule has 0 saturated heterocycles. The Morgan fingerprint density at radius 2 is 1.72 bits per heavy atom. The number of fused-ring (bicyclic) bond motifs is 1. The van der Waals surface area contributed by atoms with Crippen molar-refractivity contribution in [3.05, 3.63) is 66.1 Å². The van der Waals surface area contributed by atoms with Crippen molar-refractivity contribution in [2.75, 3.05) is 0 Å². The summed E-state index contributed by atoms with van der Waals surface area (Å²) in [6.45, 7) is 6.05. The van der Waals surface area contributed by atoms with E-state index >= 15 is 0 Å². The molecular weight excluding hydrogens is 314 g/mol. The van der Waals surface area contributed by atoms with Crippen molar-refractivity contribution in [3.8, 4) is 22.8 Å². The number of ether oxygens (including phenoxy) is 1. The van der Waals surface area contributed by atoms with E-state index in [1.807, 2.05) is 38.1 Å². The molecule has 0 amide bonds. The van der Waals surface area contributed by atoms with Gasteiger partial charge < -0.3 is 4.74 Å². The monoisotopic (exact) mass is 331 g/mol. The summed E-state index contributed by atoms with van der Waals surface area (Å²) in [6.07, 6.45) is 6.78. The van der Waals surface area contributed by atoms with Gasteiger partial charge in [0.05, 0.1) is 6.20 Å². The Bertz CT molecular complexity index is 1050. The molecule has 0 aliphatic carbocycles. The van der Waals surface area contributed by atoms with Gasteiger partial charge in [0.2, 0.25) is 5.88 Å². The lowest BCUT2D eigenvalue weighted by molar-refractivity contribution is 0.465. The molecule has 0 radical (unpaired) electrons. The molecular formula is C19H17N5O. The minimum atomic E-state index is 0.530. The van der Waals surface area contributed by atoms with E-state index < -0.39 is 0 Å². The molecule has 1 aromatic carbocycles. The summed E-state index contributed by atoms with van der Waals surface area (Å²) in [4.78, 5) is 12.9. The van der Waals surface area contributed by atoms with Crippen LogP contribution in [0.4, 0.5) is 0 Å². The maximum absolute atomic E-state index is 5.98. The molecule has 0 fully saturated rings. The Morgan fingerprint density at radius 1 is 0.920 bits per heavy atom. The van der Waals surface area contributed by atoms with Crippen LogP contribution in [0, 0.1) is 20.8 Å². The average molecular weight is 331 g/mol. The lowest BCUT2D eigenvalue weighted by Gasteiger charge is -2.13. The summed E-state index contributed by atoms with van der Waals surface area (Å²) in [6, 6.07) is 7.86. The van der Waals surface area contributed by atoms with Crippen LogP contribution in [0.2, 0.25) is 0 Å². The summed E-state index contributed by atoms with van der Waals surface area (Å²) in [5, 5.41) is 4.19. The standard InChI is InChI=1S/C19H17N5O/c1-12-10-15(25-19-17-6-7-23-24(17)9-8-20-19)4-5-16(12)18-13(2)21-11-22-14(18)3/h4-11H,1-3H3. The summed E-state index contributed by atoms with van der Waals surface area (Å²) >= 11 is 0. The highest BCUT2D eigenvalue weighted by molar-refractivity contribution is 5.72. The van der Waals surface area contributed by atoms with Crippen molar-refractivity contribution >= 4 is 5.52 Å². The highest BCUT2D eigenvalue weighted by Crippen LogP contribution is 2.32. The van der Waals surface area contributed by atoms with E-state index in [4.69, 9.17) is 4.74 Å². The summed E-state index contributed by atoms with van der Waals surface area (Å²) in [7, 11) is 0. The smallest absolute Gasteiger partial charge is 0.245 e. The molecule has 4 rings (SSSR count). The normalized spacial score (nSPS) is 11.0. The van der Waals surface area contributed by atoms with Crippen molar-refractivity contribution in [3.63, 3.8) is 0 Å². The zero-order valence-corrected chi connectivity index (χ0v) is 14.3. The Hall–Kier alpha value is -3.28. The first-order valence-electron chi connectivity index (χ1n) is 7.99. The van der Waals surface area contributed by atoms with Gasteiger partial charge in [0, 0.05) is 29.3 Å². The first-order chi connectivity index (χ1) is 12.1. The quantitative estimate of drug-likeness (QED) is 0.569. The van der Waals surface area contributed by atoms with Crippen LogP contribution in [0.3, 0.4) is 0 Å². The van der Waals surface area contributed by atoms with Crippen LogP contribution in [0.5, 0.6) is 11.6 Å². The number of hydrogen-bond donors (Lipinski definition) is 0. The Kier molecular flexibility index (Phi) is 3.65. The fourth-order valence-corrected chi connectivity index (χ4v) is 2.99. The molecule has 0 unspecified atom stereocenters. The number of benzene rings is 1. The fourth-order valence-electron chi connectivity index (χ4n) is 2.99. The largest absolute Gasteiger partial charge is 0.437 e. The van der Waals surface area contributed by atoms with Crippen molar-refractivity contribution in [1.29, 1.82) is 0 Å². The number of nitrogens with zero attached hydrogens (tertiary/aromatic N) is 5. The summed E-state index contributed by atoms with van der Waals surface area (Å²) in [5.74, 6) is 1.26. The first kappa shape index (κ1) is 15.3. The summed E-state index contributed by atoms with van der Waals surface area (Å²) < 4.78 is 7.71. The molecule has 6 heteroatoms. The zero-order valence-electron chi connectivity index (χ0n) is 14.3. The van der Waals surface area contributed by atoms with E-state index in [9.17, 15) is 0 Å². The van der Waals surface area contributed by atoms with Crippen molar-refractivity contribution < 1.29 is 4.74 Å². The van der Waals surface area contributed by atoms with Gasteiger partial charge in [-0.2, -0.15) is 5.10 Å². The number of rotatable bonds is 3. The maximum Gasteiger partial charge on any atom is 0.245 e. The SMILES string of the molecule is Cc1cc(Oc2nccn3nccc23)ccc1-c1c(C)ncnc1C. The van der Waals surface area contributed by atoms with Crippen LogP contribution in [0.1, 0.15) is 17.0 Å². The molecule has 0 aliphatic rings. The van der Waals surface area contributed by atoms with Crippen LogP contribution < -0.4 is 4.74 Å². The van der Waals surface area contributed by atoms with Gasteiger partial charge in [-0.3, -0.25) is 0 Å². The van der Waals surface area contributed by atoms with Gasteiger partial charge in [-0.1, -0.05) is 6.07 Å². The van der Waals surface area contributed by atoms with Crippen LogP contribution in [-0.2, 0) is 0 Å².